The van der Waals surface area contributed by atoms with E-state index in [-0.39, 0.29) is 5.78 Å². The highest BCUT2D eigenvalue weighted by molar-refractivity contribution is 5.77. The number of carbonyl (C=O) groups excluding carboxylic acids is 1. The van der Waals surface area contributed by atoms with Crippen molar-refractivity contribution in [1.29, 1.82) is 0 Å². The summed E-state index contributed by atoms with van der Waals surface area (Å²) in [7, 11) is 1.75. The average molecular weight is 220 g/mol. The van der Waals surface area contributed by atoms with Gasteiger partial charge in [-0.2, -0.15) is 0 Å². The minimum absolute atomic E-state index is 0.178. The monoisotopic (exact) mass is 220 g/mol. The first-order valence-corrected chi connectivity index (χ1v) is 6.03. The van der Waals surface area contributed by atoms with Crippen molar-refractivity contribution in [2.24, 2.45) is 5.73 Å². The number of likely N-dealkylation sites (N-methyl/N-ethyl adjacent to an activating group) is 1. The third-order valence-corrected chi connectivity index (χ3v) is 0.983. The summed E-state index contributed by atoms with van der Waals surface area (Å²) in [5, 5.41) is 2.72. The normalized spacial score (nSPS) is 6.93. The smallest absolute Gasteiger partial charge is 0.143 e. The molecule has 0 rings (SSSR count). The van der Waals surface area contributed by atoms with E-state index in [2.05, 4.69) is 12.2 Å². The zero-order valence-electron chi connectivity index (χ0n) is 11.8. The fourth-order valence-electron chi connectivity index (χ4n) is 0.453. The minimum atomic E-state index is 0.178. The summed E-state index contributed by atoms with van der Waals surface area (Å²) in [4.78, 5) is 9.98. The summed E-state index contributed by atoms with van der Waals surface area (Å²) in [6, 6.07) is 0. The van der Waals surface area contributed by atoms with Crippen LogP contribution in [0.4, 0.5) is 0 Å². The first-order valence-electron chi connectivity index (χ1n) is 6.03. The van der Waals surface area contributed by atoms with Crippen molar-refractivity contribution in [3.05, 3.63) is 0 Å². The van der Waals surface area contributed by atoms with Gasteiger partial charge in [-0.05, 0) is 26.9 Å². The van der Waals surface area contributed by atoms with E-state index < -0.39 is 0 Å². The molecule has 0 heterocycles. The van der Waals surface area contributed by atoms with Crippen molar-refractivity contribution < 1.29 is 4.79 Å². The molecule has 0 aromatic carbocycles. The van der Waals surface area contributed by atoms with Gasteiger partial charge in [0.15, 0.2) is 0 Å². The molecule has 0 radical (unpaired) electrons. The predicted octanol–water partition coefficient (Wildman–Crippen LogP) is 2.59. The number of nitrogens with two attached hydrogens (primary N) is 1. The van der Waals surface area contributed by atoms with Gasteiger partial charge < -0.3 is 11.1 Å². The molecule has 0 aliphatic heterocycles. The molecule has 0 unspecified atom stereocenters. The molecule has 0 saturated heterocycles. The molecule has 15 heavy (non-hydrogen) atoms. The van der Waals surface area contributed by atoms with E-state index in [1.54, 1.807) is 14.0 Å². The van der Waals surface area contributed by atoms with E-state index in [1.165, 1.54) is 12.8 Å². The van der Waals surface area contributed by atoms with E-state index in [4.69, 9.17) is 5.73 Å². The Bertz CT molecular complexity index is 83.7. The Hall–Kier alpha value is -0.410. The number of unbranched alkanes of at least 4 members (excludes halogenated alkanes) is 1. The lowest BCUT2D eigenvalue weighted by Gasteiger charge is -1.85. The van der Waals surface area contributed by atoms with Crippen LogP contribution in [0.1, 0.15) is 54.4 Å². The Labute approximate surface area is 96.8 Å². The van der Waals surface area contributed by atoms with Crippen molar-refractivity contribution in [1.82, 2.24) is 5.32 Å². The molecule has 3 nitrogen and oxygen atoms in total. The highest BCUT2D eigenvalue weighted by Crippen LogP contribution is 1.77. The maximum Gasteiger partial charge on any atom is 0.143 e. The second-order valence-electron chi connectivity index (χ2n) is 2.37. The van der Waals surface area contributed by atoms with Crippen molar-refractivity contribution in [2.45, 2.75) is 54.4 Å². The molecule has 0 amide bonds. The van der Waals surface area contributed by atoms with Crippen molar-refractivity contribution in [3.63, 3.8) is 0 Å². The summed E-state index contributed by atoms with van der Waals surface area (Å²) >= 11 is 0. The SMILES string of the molecule is CC.CC.CCCCN.CNCC(C)=O. The molecule has 0 spiro atoms. The molecular formula is C12H32N2O. The van der Waals surface area contributed by atoms with Crippen LogP contribution >= 0.6 is 0 Å². The van der Waals surface area contributed by atoms with Crippen molar-refractivity contribution in [3.8, 4) is 0 Å². The van der Waals surface area contributed by atoms with Crippen molar-refractivity contribution >= 4 is 5.78 Å². The Balaban J connectivity index is -0.0000000610. The first-order chi connectivity index (χ1) is 7.18. The van der Waals surface area contributed by atoms with Crippen LogP contribution in [0.5, 0.6) is 0 Å². The van der Waals surface area contributed by atoms with Crippen LogP contribution in [0.3, 0.4) is 0 Å². The van der Waals surface area contributed by atoms with Crippen LogP contribution in [-0.2, 0) is 4.79 Å². The van der Waals surface area contributed by atoms with Gasteiger partial charge in [-0.25, -0.2) is 0 Å². The third kappa shape index (κ3) is 86.6. The summed E-state index contributed by atoms with van der Waals surface area (Å²) in [5.41, 5.74) is 5.14. The first kappa shape index (κ1) is 24.0. The minimum Gasteiger partial charge on any atom is -0.330 e. The fraction of sp³-hybridized carbons (Fsp3) is 0.917. The number of carbonyl (C=O) groups is 1. The molecular weight excluding hydrogens is 188 g/mol. The standard InChI is InChI=1S/C4H9NO.C4H11N.2C2H6/c1-4(6)3-5-2;1-2-3-4-5;2*1-2/h5H,3H2,1-2H3;2-5H2,1H3;2*1-2H3. The van der Waals surface area contributed by atoms with Crippen LogP contribution < -0.4 is 11.1 Å². The summed E-state index contributed by atoms with van der Waals surface area (Å²) in [6.45, 7) is 13.0. The molecule has 3 N–H and O–H groups in total. The van der Waals surface area contributed by atoms with Gasteiger partial charge in [0.2, 0.25) is 0 Å². The largest absolute Gasteiger partial charge is 0.330 e. The second kappa shape index (κ2) is 37.4. The van der Waals surface area contributed by atoms with Crippen LogP contribution in [0.25, 0.3) is 0 Å². The lowest BCUT2D eigenvalue weighted by atomic mass is 10.3. The van der Waals surface area contributed by atoms with Gasteiger partial charge >= 0.3 is 0 Å². The van der Waals surface area contributed by atoms with E-state index in [9.17, 15) is 4.79 Å². The number of rotatable bonds is 4. The lowest BCUT2D eigenvalue weighted by molar-refractivity contribution is -0.116. The molecule has 0 aromatic heterocycles. The number of hydrogen-bond donors (Lipinski definition) is 2. The molecule has 0 fully saturated rings. The Kier molecular flexibility index (Phi) is 59.9. The van der Waals surface area contributed by atoms with Gasteiger partial charge in [-0.1, -0.05) is 41.0 Å². The van der Waals surface area contributed by atoms with Crippen LogP contribution in [0.2, 0.25) is 0 Å². The van der Waals surface area contributed by atoms with E-state index >= 15 is 0 Å². The highest BCUT2D eigenvalue weighted by Gasteiger charge is 1.82. The zero-order chi connectivity index (χ0) is 13.1. The van der Waals surface area contributed by atoms with Gasteiger partial charge in [0.05, 0.1) is 6.54 Å². The Morgan fingerprint density at radius 2 is 1.60 bits per heavy atom. The van der Waals surface area contributed by atoms with Gasteiger partial charge in [0.1, 0.15) is 5.78 Å². The molecule has 0 saturated carbocycles. The zero-order valence-corrected chi connectivity index (χ0v) is 11.8. The van der Waals surface area contributed by atoms with Gasteiger partial charge in [0, 0.05) is 0 Å². The second-order valence-corrected chi connectivity index (χ2v) is 2.37. The topological polar surface area (TPSA) is 55.1 Å². The van der Waals surface area contributed by atoms with Gasteiger partial charge in [-0.15, -0.1) is 0 Å². The quantitative estimate of drug-likeness (QED) is 0.765. The molecule has 0 aliphatic rings. The fourth-order valence-corrected chi connectivity index (χ4v) is 0.453. The number of nitrogens with one attached hydrogen (secondary N) is 1. The van der Waals surface area contributed by atoms with Crippen LogP contribution in [-0.4, -0.2) is 25.9 Å². The van der Waals surface area contributed by atoms with E-state index in [1.807, 2.05) is 27.7 Å². The molecule has 96 valence electrons. The lowest BCUT2D eigenvalue weighted by Crippen LogP contribution is -2.14. The van der Waals surface area contributed by atoms with Gasteiger partial charge in [0.25, 0.3) is 0 Å². The molecule has 0 atom stereocenters. The molecule has 0 aliphatic carbocycles. The number of ketones is 1. The molecule has 3 heteroatoms. The highest BCUT2D eigenvalue weighted by atomic mass is 16.1. The maximum atomic E-state index is 9.98. The Morgan fingerprint density at radius 1 is 1.20 bits per heavy atom. The maximum absolute atomic E-state index is 9.98. The van der Waals surface area contributed by atoms with Crippen LogP contribution in [0, 0.1) is 0 Å². The predicted molar refractivity (Wildman–Crippen MR) is 71.3 cm³/mol. The summed E-state index contributed by atoms with van der Waals surface area (Å²) in [6.07, 6.45) is 2.39. The van der Waals surface area contributed by atoms with E-state index in [0.717, 1.165) is 6.54 Å². The molecule has 0 bridgehead atoms. The summed E-state index contributed by atoms with van der Waals surface area (Å²) in [5.74, 6) is 0.178. The molecule has 0 aromatic rings. The average Bonchev–Trinajstić information content (AvgIpc) is 2.25. The third-order valence-electron chi connectivity index (χ3n) is 0.983. The summed E-state index contributed by atoms with van der Waals surface area (Å²) < 4.78 is 0. The van der Waals surface area contributed by atoms with Crippen LogP contribution in [0.15, 0.2) is 0 Å². The number of hydrogen-bond acceptors (Lipinski definition) is 3. The van der Waals surface area contributed by atoms with Gasteiger partial charge in [-0.3, -0.25) is 4.79 Å². The van der Waals surface area contributed by atoms with E-state index in [0.29, 0.717) is 6.54 Å². The van der Waals surface area contributed by atoms with Crippen molar-refractivity contribution in [2.75, 3.05) is 20.1 Å². The Morgan fingerprint density at radius 3 is 1.60 bits per heavy atom. The number of Topliss-reactive ketones (excluding diaryl/α,β-unsaturated/α-hetero) is 1.